The minimum absolute atomic E-state index is 0.255. The van der Waals surface area contributed by atoms with E-state index in [1.807, 2.05) is 48.5 Å². The van der Waals surface area contributed by atoms with Gasteiger partial charge in [0.2, 0.25) is 5.82 Å². The van der Waals surface area contributed by atoms with E-state index in [0.29, 0.717) is 17.9 Å². The van der Waals surface area contributed by atoms with Crippen LogP contribution >= 0.6 is 11.6 Å². The standard InChI is InChI=1S/C26H26ClN3O5/c1-3-35-26(34)16(2)13-21(29-24(31)23-28-12-11-22(30-23)25(32)33)14-17-7-9-18(10-8-17)19-5-4-6-20(27)15-19/h4-12,15-16,21H,3,13-14H2,1-2H3,(H,29,31)(H,32,33)/t16-,21?/m1/s1. The zero-order valence-corrected chi connectivity index (χ0v) is 20.2. The molecule has 9 heteroatoms. The molecule has 0 aliphatic heterocycles. The van der Waals surface area contributed by atoms with Crippen molar-refractivity contribution in [1.29, 1.82) is 0 Å². The zero-order valence-electron chi connectivity index (χ0n) is 19.4. The Morgan fingerprint density at radius 1 is 1.09 bits per heavy atom. The Bertz CT molecular complexity index is 1200. The molecule has 1 aromatic heterocycles. The first-order chi connectivity index (χ1) is 16.8. The Morgan fingerprint density at radius 2 is 1.83 bits per heavy atom. The largest absolute Gasteiger partial charge is 0.477 e. The summed E-state index contributed by atoms with van der Waals surface area (Å²) >= 11 is 6.10. The van der Waals surface area contributed by atoms with Crippen molar-refractivity contribution in [2.75, 3.05) is 6.61 Å². The van der Waals surface area contributed by atoms with Gasteiger partial charge in [-0.15, -0.1) is 0 Å². The molecule has 3 rings (SSSR count). The molecule has 1 heterocycles. The van der Waals surface area contributed by atoms with Crippen LogP contribution in [0.3, 0.4) is 0 Å². The Kier molecular flexibility index (Phi) is 8.92. The molecular weight excluding hydrogens is 470 g/mol. The third kappa shape index (κ3) is 7.35. The molecule has 3 aromatic rings. The normalized spacial score (nSPS) is 12.4. The van der Waals surface area contributed by atoms with Crippen LogP contribution in [0.1, 0.15) is 46.9 Å². The lowest BCUT2D eigenvalue weighted by Crippen LogP contribution is -2.39. The molecular formula is C26H26ClN3O5. The van der Waals surface area contributed by atoms with E-state index < -0.39 is 23.8 Å². The van der Waals surface area contributed by atoms with Gasteiger partial charge < -0.3 is 15.2 Å². The molecule has 35 heavy (non-hydrogen) atoms. The summed E-state index contributed by atoms with van der Waals surface area (Å²) in [6.45, 7) is 3.74. The molecule has 0 aliphatic carbocycles. The molecule has 0 fully saturated rings. The molecule has 2 atom stereocenters. The van der Waals surface area contributed by atoms with Gasteiger partial charge in [0.15, 0.2) is 5.69 Å². The van der Waals surface area contributed by atoms with Gasteiger partial charge in [0.05, 0.1) is 12.5 Å². The number of halogens is 1. The quantitative estimate of drug-likeness (QED) is 0.399. The fourth-order valence-corrected chi connectivity index (χ4v) is 3.81. The Balaban J connectivity index is 1.78. The molecule has 2 N–H and O–H groups in total. The minimum Gasteiger partial charge on any atom is -0.477 e. The van der Waals surface area contributed by atoms with Crippen molar-refractivity contribution in [1.82, 2.24) is 15.3 Å². The number of aromatic nitrogens is 2. The predicted molar refractivity (Wildman–Crippen MR) is 131 cm³/mol. The van der Waals surface area contributed by atoms with Crippen molar-refractivity contribution in [3.63, 3.8) is 0 Å². The fraction of sp³-hybridized carbons (Fsp3) is 0.269. The van der Waals surface area contributed by atoms with Crippen molar-refractivity contribution >= 4 is 29.4 Å². The van der Waals surface area contributed by atoms with Crippen molar-refractivity contribution < 1.29 is 24.2 Å². The van der Waals surface area contributed by atoms with Crippen molar-refractivity contribution in [2.45, 2.75) is 32.7 Å². The van der Waals surface area contributed by atoms with Crippen molar-refractivity contribution in [3.05, 3.63) is 82.9 Å². The maximum absolute atomic E-state index is 12.8. The highest BCUT2D eigenvalue weighted by Crippen LogP contribution is 2.24. The Hall–Kier alpha value is -3.78. The number of carboxylic acids is 1. The van der Waals surface area contributed by atoms with Crippen LogP contribution in [0.5, 0.6) is 0 Å². The van der Waals surface area contributed by atoms with Gasteiger partial charge in [-0.25, -0.2) is 14.8 Å². The van der Waals surface area contributed by atoms with Crippen LogP contribution in [0.2, 0.25) is 5.02 Å². The van der Waals surface area contributed by atoms with E-state index in [4.69, 9.17) is 21.4 Å². The highest BCUT2D eigenvalue weighted by Gasteiger charge is 2.24. The lowest BCUT2D eigenvalue weighted by molar-refractivity contribution is -0.147. The number of hydrogen-bond acceptors (Lipinski definition) is 6. The van der Waals surface area contributed by atoms with E-state index in [1.165, 1.54) is 12.3 Å². The number of rotatable bonds is 10. The van der Waals surface area contributed by atoms with Gasteiger partial charge in [-0.2, -0.15) is 0 Å². The summed E-state index contributed by atoms with van der Waals surface area (Å²) in [5.41, 5.74) is 2.64. The van der Waals surface area contributed by atoms with Crippen LogP contribution < -0.4 is 5.32 Å². The minimum atomic E-state index is -1.26. The van der Waals surface area contributed by atoms with E-state index >= 15 is 0 Å². The number of nitrogens with one attached hydrogen (secondary N) is 1. The third-order valence-corrected chi connectivity index (χ3v) is 5.57. The fourth-order valence-electron chi connectivity index (χ4n) is 3.62. The monoisotopic (exact) mass is 495 g/mol. The lowest BCUT2D eigenvalue weighted by atomic mass is 9.95. The molecule has 182 valence electrons. The second kappa shape index (κ2) is 12.1. The number of amides is 1. The van der Waals surface area contributed by atoms with E-state index in [1.54, 1.807) is 13.8 Å². The van der Waals surface area contributed by atoms with Crippen LogP contribution in [-0.2, 0) is 16.0 Å². The molecule has 0 saturated heterocycles. The molecule has 0 bridgehead atoms. The summed E-state index contributed by atoms with van der Waals surface area (Å²) in [7, 11) is 0. The number of ether oxygens (including phenoxy) is 1. The van der Waals surface area contributed by atoms with Gasteiger partial charge >= 0.3 is 11.9 Å². The van der Waals surface area contributed by atoms with E-state index in [9.17, 15) is 14.4 Å². The van der Waals surface area contributed by atoms with Gasteiger partial charge in [-0.05, 0) is 54.7 Å². The van der Waals surface area contributed by atoms with Crippen LogP contribution in [0.4, 0.5) is 0 Å². The van der Waals surface area contributed by atoms with E-state index in [-0.39, 0.29) is 24.1 Å². The Morgan fingerprint density at radius 3 is 2.49 bits per heavy atom. The first-order valence-corrected chi connectivity index (χ1v) is 11.5. The van der Waals surface area contributed by atoms with Crippen molar-refractivity contribution in [3.8, 4) is 11.1 Å². The molecule has 1 unspecified atom stereocenters. The van der Waals surface area contributed by atoms with Crippen LogP contribution in [0, 0.1) is 5.92 Å². The second-order valence-corrected chi connectivity index (χ2v) is 8.48. The number of carbonyl (C=O) groups is 3. The zero-order chi connectivity index (χ0) is 25.4. The van der Waals surface area contributed by atoms with Gasteiger partial charge in [0.1, 0.15) is 0 Å². The predicted octanol–water partition coefficient (Wildman–Crippen LogP) is 4.43. The lowest BCUT2D eigenvalue weighted by Gasteiger charge is -2.22. The highest BCUT2D eigenvalue weighted by molar-refractivity contribution is 6.30. The number of hydrogen-bond donors (Lipinski definition) is 2. The molecule has 1 amide bonds. The molecule has 0 saturated carbocycles. The number of nitrogens with zero attached hydrogens (tertiary/aromatic N) is 2. The number of carbonyl (C=O) groups excluding carboxylic acids is 2. The van der Waals surface area contributed by atoms with Crippen LogP contribution in [0.25, 0.3) is 11.1 Å². The molecule has 0 spiro atoms. The number of aromatic carboxylic acids is 1. The summed E-state index contributed by atoms with van der Waals surface area (Å²) in [4.78, 5) is 43.9. The molecule has 0 aliphatic rings. The first-order valence-electron chi connectivity index (χ1n) is 11.2. The van der Waals surface area contributed by atoms with E-state index in [0.717, 1.165) is 16.7 Å². The SMILES string of the molecule is CCOC(=O)[C@H](C)CC(Cc1ccc(-c2cccc(Cl)c2)cc1)NC(=O)c1nccc(C(=O)O)n1. The topological polar surface area (TPSA) is 118 Å². The number of benzene rings is 2. The summed E-state index contributed by atoms with van der Waals surface area (Å²) in [5.74, 6) is -2.95. The Labute approximate surface area is 208 Å². The molecule has 8 nitrogen and oxygen atoms in total. The van der Waals surface area contributed by atoms with Gasteiger partial charge in [0, 0.05) is 17.3 Å². The van der Waals surface area contributed by atoms with Crippen LogP contribution in [0.15, 0.2) is 60.8 Å². The molecule has 2 aromatic carbocycles. The average molecular weight is 496 g/mol. The third-order valence-electron chi connectivity index (χ3n) is 5.33. The number of carboxylic acid groups (broad SMARTS) is 1. The molecule has 0 radical (unpaired) electrons. The summed E-state index contributed by atoms with van der Waals surface area (Å²) in [6, 6.07) is 16.1. The van der Waals surface area contributed by atoms with Crippen molar-refractivity contribution in [2.24, 2.45) is 5.92 Å². The summed E-state index contributed by atoms with van der Waals surface area (Å²) in [6.07, 6.45) is 1.97. The highest BCUT2D eigenvalue weighted by atomic mass is 35.5. The van der Waals surface area contributed by atoms with E-state index in [2.05, 4.69) is 15.3 Å². The van der Waals surface area contributed by atoms with Crippen LogP contribution in [-0.4, -0.2) is 45.6 Å². The maximum Gasteiger partial charge on any atom is 0.354 e. The second-order valence-electron chi connectivity index (χ2n) is 8.04. The maximum atomic E-state index is 12.8. The average Bonchev–Trinajstić information content (AvgIpc) is 2.84. The van der Waals surface area contributed by atoms with Gasteiger partial charge in [0.25, 0.3) is 5.91 Å². The van der Waals surface area contributed by atoms with Gasteiger partial charge in [-0.3, -0.25) is 9.59 Å². The summed E-state index contributed by atoms with van der Waals surface area (Å²) in [5, 5.41) is 12.6. The van der Waals surface area contributed by atoms with Gasteiger partial charge in [-0.1, -0.05) is 54.9 Å². The first kappa shape index (κ1) is 25.8. The summed E-state index contributed by atoms with van der Waals surface area (Å²) < 4.78 is 5.11. The number of esters is 1. The smallest absolute Gasteiger partial charge is 0.354 e.